The fourth-order valence-electron chi connectivity index (χ4n) is 3.38. The summed E-state index contributed by atoms with van der Waals surface area (Å²) in [5, 5.41) is 2.60. The molecule has 1 fully saturated rings. The van der Waals surface area contributed by atoms with Gasteiger partial charge in [0, 0.05) is 46.1 Å². The van der Waals surface area contributed by atoms with Crippen molar-refractivity contribution < 1.29 is 18.0 Å². The molecule has 2 rings (SSSR count). The number of nitrogens with one attached hydrogen (secondary N) is 1. The van der Waals surface area contributed by atoms with Crippen molar-refractivity contribution in [2.45, 2.75) is 45.9 Å². The van der Waals surface area contributed by atoms with E-state index in [4.69, 9.17) is 0 Å². The van der Waals surface area contributed by atoms with Crippen LogP contribution in [0.5, 0.6) is 0 Å². The van der Waals surface area contributed by atoms with Gasteiger partial charge in [-0.2, -0.15) is 4.31 Å². The molecule has 0 atom stereocenters. The molecule has 1 heterocycles. The molecule has 0 unspecified atom stereocenters. The topological polar surface area (TPSA) is 86.8 Å². The number of carbonyl (C=O) groups excluding carboxylic acids is 2. The van der Waals surface area contributed by atoms with Crippen molar-refractivity contribution in [3.63, 3.8) is 0 Å². The molecule has 1 aromatic carbocycles. The van der Waals surface area contributed by atoms with Crippen LogP contribution in [0.3, 0.4) is 0 Å². The van der Waals surface area contributed by atoms with E-state index in [1.807, 2.05) is 33.8 Å². The number of rotatable bonds is 5. The molecule has 27 heavy (non-hydrogen) atoms. The van der Waals surface area contributed by atoms with Crippen LogP contribution >= 0.6 is 0 Å². The van der Waals surface area contributed by atoms with Gasteiger partial charge in [-0.05, 0) is 49.9 Å². The van der Waals surface area contributed by atoms with Crippen molar-refractivity contribution in [2.24, 2.45) is 0 Å². The highest BCUT2D eigenvalue weighted by Crippen LogP contribution is 2.29. The summed E-state index contributed by atoms with van der Waals surface area (Å²) >= 11 is 0. The third-order valence-corrected chi connectivity index (χ3v) is 7.37. The largest absolute Gasteiger partial charge is 0.356 e. The van der Waals surface area contributed by atoms with E-state index in [0.29, 0.717) is 24.5 Å². The van der Waals surface area contributed by atoms with Crippen LogP contribution in [-0.2, 0) is 19.6 Å². The van der Waals surface area contributed by atoms with E-state index in [-0.39, 0.29) is 31.3 Å². The standard InChI is InChI=1S/C19H29N3O4S/c1-13-12-14(2)16(4)19(15(13)3)27(25,26)22-10-8-21(9-11-22)18(24)6-7-20-17(5)23/h12H,6-11H2,1-5H3,(H,20,23). The monoisotopic (exact) mass is 395 g/mol. The molecule has 0 aliphatic carbocycles. The van der Waals surface area contributed by atoms with Gasteiger partial charge in [0.25, 0.3) is 0 Å². The summed E-state index contributed by atoms with van der Waals surface area (Å²) in [6.07, 6.45) is 0.224. The Labute approximate surface area is 161 Å². The first-order valence-corrected chi connectivity index (χ1v) is 10.6. The van der Waals surface area contributed by atoms with Crippen LogP contribution < -0.4 is 5.32 Å². The van der Waals surface area contributed by atoms with Gasteiger partial charge in [0.05, 0.1) is 4.90 Å². The zero-order valence-electron chi connectivity index (χ0n) is 16.8. The van der Waals surface area contributed by atoms with E-state index < -0.39 is 10.0 Å². The number of amides is 2. The molecule has 8 heteroatoms. The average molecular weight is 396 g/mol. The van der Waals surface area contributed by atoms with Gasteiger partial charge < -0.3 is 10.2 Å². The lowest BCUT2D eigenvalue weighted by atomic mass is 10.0. The zero-order chi connectivity index (χ0) is 20.4. The van der Waals surface area contributed by atoms with Crippen LogP contribution in [0.15, 0.2) is 11.0 Å². The molecule has 0 bridgehead atoms. The molecule has 1 N–H and O–H groups in total. The normalized spacial score (nSPS) is 15.7. The molecule has 1 aliphatic heterocycles. The van der Waals surface area contributed by atoms with Gasteiger partial charge in [-0.1, -0.05) is 6.07 Å². The van der Waals surface area contributed by atoms with E-state index in [0.717, 1.165) is 22.3 Å². The zero-order valence-corrected chi connectivity index (χ0v) is 17.6. The van der Waals surface area contributed by atoms with Crippen molar-refractivity contribution in [1.29, 1.82) is 0 Å². The first kappa shape index (κ1) is 21.4. The minimum Gasteiger partial charge on any atom is -0.356 e. The number of hydrogen-bond acceptors (Lipinski definition) is 4. The third kappa shape index (κ3) is 4.68. The lowest BCUT2D eigenvalue weighted by molar-refractivity contribution is -0.132. The van der Waals surface area contributed by atoms with Gasteiger partial charge >= 0.3 is 0 Å². The minimum atomic E-state index is -3.61. The average Bonchev–Trinajstić information content (AvgIpc) is 2.59. The number of carbonyl (C=O) groups is 2. The van der Waals surface area contributed by atoms with E-state index in [1.165, 1.54) is 11.2 Å². The molecular formula is C19H29N3O4S. The highest BCUT2D eigenvalue weighted by atomic mass is 32.2. The number of nitrogens with zero attached hydrogens (tertiary/aromatic N) is 2. The Bertz CT molecular complexity index is 815. The maximum absolute atomic E-state index is 13.2. The SMILES string of the molecule is CC(=O)NCCC(=O)N1CCN(S(=O)(=O)c2c(C)c(C)cc(C)c2C)CC1. The molecule has 1 aliphatic rings. The molecule has 1 aromatic rings. The lowest BCUT2D eigenvalue weighted by Crippen LogP contribution is -2.51. The van der Waals surface area contributed by atoms with Crippen LogP contribution in [0.4, 0.5) is 0 Å². The Hall–Kier alpha value is -1.93. The van der Waals surface area contributed by atoms with Gasteiger partial charge in [-0.15, -0.1) is 0 Å². The smallest absolute Gasteiger partial charge is 0.243 e. The Kier molecular flexibility index (Phi) is 6.64. The summed E-state index contributed by atoms with van der Waals surface area (Å²) in [6.45, 7) is 10.5. The van der Waals surface area contributed by atoms with E-state index >= 15 is 0 Å². The summed E-state index contributed by atoms with van der Waals surface area (Å²) in [4.78, 5) is 25.1. The third-order valence-electron chi connectivity index (χ3n) is 5.20. The quantitative estimate of drug-likeness (QED) is 0.814. The van der Waals surface area contributed by atoms with Crippen LogP contribution in [0, 0.1) is 27.7 Å². The predicted molar refractivity (Wildman–Crippen MR) is 104 cm³/mol. The molecule has 0 spiro atoms. The first-order valence-electron chi connectivity index (χ1n) is 9.15. The predicted octanol–water partition coefficient (Wildman–Crippen LogP) is 1.28. The molecule has 0 aromatic heterocycles. The van der Waals surface area contributed by atoms with Crippen LogP contribution in [0.25, 0.3) is 0 Å². The number of aryl methyl sites for hydroxylation is 2. The minimum absolute atomic E-state index is 0.0699. The summed E-state index contributed by atoms with van der Waals surface area (Å²) < 4.78 is 27.9. The number of sulfonamides is 1. The first-order chi connectivity index (χ1) is 12.6. The number of benzene rings is 1. The highest BCUT2D eigenvalue weighted by Gasteiger charge is 2.32. The second-order valence-electron chi connectivity index (χ2n) is 7.11. The van der Waals surface area contributed by atoms with Crippen LogP contribution in [0.2, 0.25) is 0 Å². The maximum Gasteiger partial charge on any atom is 0.243 e. The second kappa shape index (κ2) is 8.39. The Morgan fingerprint density at radius 2 is 1.52 bits per heavy atom. The van der Waals surface area contributed by atoms with Crippen LogP contribution in [0.1, 0.15) is 35.6 Å². The summed E-state index contributed by atoms with van der Waals surface area (Å²) in [7, 11) is -3.61. The van der Waals surface area contributed by atoms with Crippen LogP contribution in [-0.4, -0.2) is 62.2 Å². The summed E-state index contributed by atoms with van der Waals surface area (Å²) in [6, 6.07) is 2.01. The lowest BCUT2D eigenvalue weighted by Gasteiger charge is -2.35. The Morgan fingerprint density at radius 3 is 2.00 bits per heavy atom. The Balaban J connectivity index is 2.10. The molecule has 0 saturated carbocycles. The number of piperazine rings is 1. The van der Waals surface area contributed by atoms with Gasteiger partial charge in [-0.3, -0.25) is 9.59 Å². The summed E-state index contributed by atoms with van der Waals surface area (Å²) in [5.74, 6) is -0.238. The second-order valence-corrected chi connectivity index (χ2v) is 8.98. The van der Waals surface area contributed by atoms with Crippen molar-refractivity contribution in [3.8, 4) is 0 Å². The highest BCUT2D eigenvalue weighted by molar-refractivity contribution is 7.89. The van der Waals surface area contributed by atoms with Crippen molar-refractivity contribution in [2.75, 3.05) is 32.7 Å². The van der Waals surface area contributed by atoms with Gasteiger partial charge in [0.2, 0.25) is 21.8 Å². The summed E-state index contributed by atoms with van der Waals surface area (Å²) in [5.41, 5.74) is 3.49. The van der Waals surface area contributed by atoms with Crippen molar-refractivity contribution >= 4 is 21.8 Å². The molecule has 7 nitrogen and oxygen atoms in total. The van der Waals surface area contributed by atoms with Gasteiger partial charge in [-0.25, -0.2) is 8.42 Å². The van der Waals surface area contributed by atoms with E-state index in [1.54, 1.807) is 4.90 Å². The van der Waals surface area contributed by atoms with E-state index in [2.05, 4.69) is 5.32 Å². The molecular weight excluding hydrogens is 366 g/mol. The fraction of sp³-hybridized carbons (Fsp3) is 0.579. The van der Waals surface area contributed by atoms with E-state index in [9.17, 15) is 18.0 Å². The van der Waals surface area contributed by atoms with Crippen molar-refractivity contribution in [1.82, 2.24) is 14.5 Å². The molecule has 150 valence electrons. The molecule has 2 amide bonds. The maximum atomic E-state index is 13.2. The molecule has 0 radical (unpaired) electrons. The van der Waals surface area contributed by atoms with Crippen molar-refractivity contribution in [3.05, 3.63) is 28.3 Å². The Morgan fingerprint density at radius 1 is 1.00 bits per heavy atom. The fourth-order valence-corrected chi connectivity index (χ4v) is 5.38. The van der Waals surface area contributed by atoms with Gasteiger partial charge in [0.1, 0.15) is 0 Å². The molecule has 1 saturated heterocycles. The van der Waals surface area contributed by atoms with Gasteiger partial charge in [0.15, 0.2) is 0 Å². The number of hydrogen-bond donors (Lipinski definition) is 1.